The molecule has 2 fully saturated rings. The number of carbonyl (C=O) groups excluding carboxylic acids is 3. The summed E-state index contributed by atoms with van der Waals surface area (Å²) < 4.78 is 0. The quantitative estimate of drug-likeness (QED) is 0.668. The zero-order valence-corrected chi connectivity index (χ0v) is 12.9. The Labute approximate surface area is 134 Å². The molecule has 5 nitrogen and oxygen atoms in total. The lowest BCUT2D eigenvalue weighted by molar-refractivity contribution is -0.124. The molecule has 23 heavy (non-hydrogen) atoms. The van der Waals surface area contributed by atoms with Crippen LogP contribution in [-0.4, -0.2) is 24.8 Å². The Morgan fingerprint density at radius 3 is 1.96 bits per heavy atom. The van der Waals surface area contributed by atoms with E-state index in [4.69, 9.17) is 0 Å². The van der Waals surface area contributed by atoms with E-state index in [0.717, 1.165) is 12.8 Å². The van der Waals surface area contributed by atoms with Gasteiger partial charge in [-0.05, 0) is 48.9 Å². The van der Waals surface area contributed by atoms with E-state index in [1.54, 1.807) is 31.3 Å². The van der Waals surface area contributed by atoms with Gasteiger partial charge in [0.2, 0.25) is 11.8 Å². The molecule has 0 aromatic heterocycles. The molecule has 4 atom stereocenters. The first-order chi connectivity index (χ1) is 11.1. The second kappa shape index (κ2) is 5.05. The van der Waals surface area contributed by atoms with Crippen molar-refractivity contribution in [3.63, 3.8) is 0 Å². The van der Waals surface area contributed by atoms with Gasteiger partial charge in [-0.25, -0.2) is 0 Å². The van der Waals surface area contributed by atoms with Crippen LogP contribution in [0.4, 0.5) is 5.69 Å². The summed E-state index contributed by atoms with van der Waals surface area (Å²) in [5, 5.41) is 2.55. The predicted molar refractivity (Wildman–Crippen MR) is 84.7 cm³/mol. The number of carbonyl (C=O) groups is 3. The van der Waals surface area contributed by atoms with Crippen LogP contribution in [0.25, 0.3) is 0 Å². The number of rotatable bonds is 2. The van der Waals surface area contributed by atoms with Crippen molar-refractivity contribution in [1.29, 1.82) is 0 Å². The van der Waals surface area contributed by atoms with E-state index < -0.39 is 0 Å². The lowest BCUT2D eigenvalue weighted by Crippen LogP contribution is -2.38. The number of allylic oxidation sites excluding steroid dienone is 2. The zero-order chi connectivity index (χ0) is 16.1. The average molecular weight is 310 g/mol. The fourth-order valence-corrected chi connectivity index (χ4v) is 4.23. The minimum atomic E-state index is -0.204. The first kappa shape index (κ1) is 14.2. The van der Waals surface area contributed by atoms with E-state index in [0.29, 0.717) is 11.3 Å². The number of benzene rings is 1. The van der Waals surface area contributed by atoms with Crippen molar-refractivity contribution in [2.45, 2.75) is 12.8 Å². The summed E-state index contributed by atoms with van der Waals surface area (Å²) in [6.07, 6.45) is 6.20. The number of imide groups is 1. The van der Waals surface area contributed by atoms with E-state index in [2.05, 4.69) is 17.5 Å². The van der Waals surface area contributed by atoms with Gasteiger partial charge < -0.3 is 5.32 Å². The van der Waals surface area contributed by atoms with Gasteiger partial charge in [-0.15, -0.1) is 0 Å². The topological polar surface area (TPSA) is 66.5 Å². The zero-order valence-electron chi connectivity index (χ0n) is 12.9. The van der Waals surface area contributed by atoms with E-state index in [-0.39, 0.29) is 41.4 Å². The molecular formula is C18H18N2O3. The maximum Gasteiger partial charge on any atom is 0.251 e. The summed E-state index contributed by atoms with van der Waals surface area (Å²) in [5.74, 6) is -0.395. The molecule has 3 aliphatic carbocycles. The molecule has 5 heteroatoms. The van der Waals surface area contributed by atoms with Gasteiger partial charge in [0, 0.05) is 12.6 Å². The molecule has 1 heterocycles. The number of hydrogen-bond donors (Lipinski definition) is 1. The summed E-state index contributed by atoms with van der Waals surface area (Å²) in [7, 11) is 1.57. The molecular weight excluding hydrogens is 292 g/mol. The van der Waals surface area contributed by atoms with Crippen LogP contribution >= 0.6 is 0 Å². The first-order valence-electron chi connectivity index (χ1n) is 8.00. The van der Waals surface area contributed by atoms with Gasteiger partial charge in [0.05, 0.1) is 17.5 Å². The maximum atomic E-state index is 12.8. The van der Waals surface area contributed by atoms with Crippen LogP contribution in [0.3, 0.4) is 0 Å². The van der Waals surface area contributed by atoms with Crippen molar-refractivity contribution >= 4 is 23.4 Å². The number of anilines is 1. The third-order valence-electron chi connectivity index (χ3n) is 5.37. The largest absolute Gasteiger partial charge is 0.355 e. The molecule has 5 rings (SSSR count). The van der Waals surface area contributed by atoms with Gasteiger partial charge >= 0.3 is 0 Å². The van der Waals surface area contributed by atoms with Crippen LogP contribution in [-0.2, 0) is 9.59 Å². The summed E-state index contributed by atoms with van der Waals surface area (Å²) in [5.41, 5.74) is 1.07. The highest BCUT2D eigenvalue weighted by molar-refractivity contribution is 6.22. The molecule has 0 spiro atoms. The molecule has 1 N–H and O–H groups in total. The minimum absolute atomic E-state index is 0.0910. The van der Waals surface area contributed by atoms with Crippen LogP contribution in [0.1, 0.15) is 23.2 Å². The van der Waals surface area contributed by atoms with Crippen molar-refractivity contribution in [3.8, 4) is 0 Å². The maximum absolute atomic E-state index is 12.8. The second-order valence-corrected chi connectivity index (χ2v) is 6.48. The predicted octanol–water partition coefficient (Wildman–Crippen LogP) is 1.75. The lowest BCUT2D eigenvalue weighted by atomic mass is 9.63. The molecule has 1 aliphatic heterocycles. The van der Waals surface area contributed by atoms with Crippen molar-refractivity contribution in [1.82, 2.24) is 5.32 Å². The Hall–Kier alpha value is -2.43. The number of nitrogens with one attached hydrogen (secondary N) is 1. The van der Waals surface area contributed by atoms with Crippen molar-refractivity contribution in [2.24, 2.45) is 23.7 Å². The van der Waals surface area contributed by atoms with Gasteiger partial charge in [0.15, 0.2) is 0 Å². The summed E-state index contributed by atoms with van der Waals surface area (Å²) >= 11 is 0. The standard InChI is InChI=1S/C18H18N2O3/c1-19-16(21)12-6-8-13(9-7-12)20-17(22)14-10-2-3-11(5-4-10)15(14)18(20)23/h2-3,6-11,14-15H,4-5H2,1H3,(H,19,21). The lowest BCUT2D eigenvalue weighted by Gasteiger charge is -2.38. The molecule has 1 saturated carbocycles. The summed E-state index contributed by atoms with van der Waals surface area (Å²) in [6, 6.07) is 6.63. The Morgan fingerprint density at radius 1 is 1.00 bits per heavy atom. The van der Waals surface area contributed by atoms with Crippen LogP contribution < -0.4 is 10.2 Å². The number of hydrogen-bond acceptors (Lipinski definition) is 3. The van der Waals surface area contributed by atoms with Crippen molar-refractivity contribution in [3.05, 3.63) is 42.0 Å². The fraction of sp³-hybridized carbons (Fsp3) is 0.389. The highest BCUT2D eigenvalue weighted by atomic mass is 16.2. The number of nitrogens with zero attached hydrogens (tertiary/aromatic N) is 1. The van der Waals surface area contributed by atoms with Crippen LogP contribution in [0, 0.1) is 23.7 Å². The molecule has 1 saturated heterocycles. The second-order valence-electron chi connectivity index (χ2n) is 6.48. The molecule has 2 bridgehead atoms. The molecule has 1 aromatic rings. The molecule has 3 amide bonds. The normalized spacial score (nSPS) is 31.4. The third kappa shape index (κ3) is 1.96. The summed E-state index contributed by atoms with van der Waals surface area (Å²) in [6.45, 7) is 0. The SMILES string of the molecule is CNC(=O)c1ccc(N2C(=O)C3C4C=CC(CC4)C3C2=O)cc1. The highest BCUT2D eigenvalue weighted by Gasteiger charge is 2.56. The Morgan fingerprint density at radius 2 is 1.52 bits per heavy atom. The highest BCUT2D eigenvalue weighted by Crippen LogP contribution is 2.50. The van der Waals surface area contributed by atoms with Crippen molar-refractivity contribution in [2.75, 3.05) is 11.9 Å². The van der Waals surface area contributed by atoms with Crippen LogP contribution in [0.5, 0.6) is 0 Å². The number of fused-ring (bicyclic) bond motifs is 1. The Kier molecular flexibility index (Phi) is 3.11. The average Bonchev–Trinajstić information content (AvgIpc) is 2.89. The van der Waals surface area contributed by atoms with E-state index in [1.807, 2.05) is 0 Å². The van der Waals surface area contributed by atoms with Gasteiger partial charge in [-0.1, -0.05) is 12.2 Å². The Balaban J connectivity index is 1.67. The molecule has 0 radical (unpaired) electrons. The smallest absolute Gasteiger partial charge is 0.251 e. The van der Waals surface area contributed by atoms with E-state index in [1.165, 1.54) is 4.90 Å². The fourth-order valence-electron chi connectivity index (χ4n) is 4.23. The van der Waals surface area contributed by atoms with Gasteiger partial charge in [-0.2, -0.15) is 0 Å². The molecule has 4 aliphatic rings. The van der Waals surface area contributed by atoms with Crippen LogP contribution in [0.15, 0.2) is 36.4 Å². The Bertz CT molecular complexity index is 690. The monoisotopic (exact) mass is 310 g/mol. The first-order valence-corrected chi connectivity index (χ1v) is 8.00. The van der Waals surface area contributed by atoms with Crippen LogP contribution in [0.2, 0.25) is 0 Å². The summed E-state index contributed by atoms with van der Waals surface area (Å²) in [4.78, 5) is 38.5. The van der Waals surface area contributed by atoms with Gasteiger partial charge in [0.1, 0.15) is 0 Å². The molecule has 4 unspecified atom stereocenters. The van der Waals surface area contributed by atoms with E-state index >= 15 is 0 Å². The number of amides is 3. The molecule has 118 valence electrons. The van der Waals surface area contributed by atoms with Gasteiger partial charge in [0.25, 0.3) is 5.91 Å². The van der Waals surface area contributed by atoms with Crippen molar-refractivity contribution < 1.29 is 14.4 Å². The minimum Gasteiger partial charge on any atom is -0.355 e. The van der Waals surface area contributed by atoms with E-state index in [9.17, 15) is 14.4 Å². The van der Waals surface area contributed by atoms with Gasteiger partial charge in [-0.3, -0.25) is 19.3 Å². The molecule has 1 aromatic carbocycles. The third-order valence-corrected chi connectivity index (χ3v) is 5.37.